The number of fused-ring (bicyclic) bond motifs is 8. The zero-order valence-electron chi connectivity index (χ0n) is 33.3. The Labute approximate surface area is 318 Å². The zero-order chi connectivity index (χ0) is 39.4. The average molecular weight is 737 g/mol. The van der Waals surface area contributed by atoms with Crippen LogP contribution in [0.3, 0.4) is 0 Å². The van der Waals surface area contributed by atoms with Crippen LogP contribution in [0.15, 0.2) is 24.8 Å². The summed E-state index contributed by atoms with van der Waals surface area (Å²) in [5.41, 5.74) is 10.8. The molecular formula is C42H56N8O4. The molecule has 8 bridgehead atoms. The number of carboxylic acid groups (broad SMARTS) is 1. The molecule has 0 radical (unpaired) electrons. The first kappa shape index (κ1) is 40.1. The molecule has 2 aliphatic rings. The molecule has 288 valence electrons. The minimum absolute atomic E-state index is 0.0442. The number of rotatable bonds is 14. The molecule has 2 amide bonds. The maximum Gasteiger partial charge on any atom is 0.338 e. The molecule has 0 saturated carbocycles. The predicted molar refractivity (Wildman–Crippen MR) is 217 cm³/mol. The van der Waals surface area contributed by atoms with Gasteiger partial charge in [-0.25, -0.2) is 9.78 Å². The van der Waals surface area contributed by atoms with Crippen LogP contribution in [0.4, 0.5) is 0 Å². The van der Waals surface area contributed by atoms with Crippen LogP contribution in [0, 0.1) is 13.8 Å². The van der Waals surface area contributed by atoms with Crippen molar-refractivity contribution in [2.45, 2.75) is 72.1 Å². The van der Waals surface area contributed by atoms with Gasteiger partial charge in [0.15, 0.2) is 0 Å². The number of nitrogens with one attached hydrogen (secondary N) is 4. The van der Waals surface area contributed by atoms with Gasteiger partial charge in [0, 0.05) is 83.3 Å². The number of amides is 2. The molecule has 3 aromatic heterocycles. The quantitative estimate of drug-likeness (QED) is 0.141. The Morgan fingerprint density at radius 3 is 2.11 bits per heavy atom. The van der Waals surface area contributed by atoms with E-state index in [1.54, 1.807) is 6.92 Å². The second kappa shape index (κ2) is 16.9. The molecule has 5 heterocycles. The molecule has 0 spiro atoms. The molecular weight excluding hydrogens is 681 g/mol. The Morgan fingerprint density at radius 2 is 1.50 bits per heavy atom. The molecule has 2 aliphatic heterocycles. The Kier molecular flexibility index (Phi) is 12.6. The lowest BCUT2D eigenvalue weighted by Gasteiger charge is -2.19. The summed E-state index contributed by atoms with van der Waals surface area (Å²) in [4.78, 5) is 61.5. The highest BCUT2D eigenvalue weighted by Gasteiger charge is 2.35. The summed E-state index contributed by atoms with van der Waals surface area (Å²) >= 11 is 0. The van der Waals surface area contributed by atoms with Gasteiger partial charge >= 0.3 is 5.97 Å². The molecule has 2 atom stereocenters. The standard InChI is InChI=1S/C42H56N8O4/c1-11-27-23(3)31-20-33-25(5)29(13-14-37(51)43-15-17-49(7)8)40(47-33)30(19-38(52)44-16-18-50(9)10)41-39(42(53)54)26(6)34(48-41)22-36-28(12-2)24(4)32(46-36)21-35(27)45-31/h11,20-22,25,29,45-46H,1,12-19H2,2-10H3,(H,43,51)(H,44,52)(H,53,54). The monoisotopic (exact) mass is 736 g/mol. The predicted octanol–water partition coefficient (Wildman–Crippen LogP) is 5.72. The lowest BCUT2D eigenvalue weighted by Crippen LogP contribution is -2.33. The highest BCUT2D eigenvalue weighted by molar-refractivity contribution is 6.24. The molecule has 12 nitrogen and oxygen atoms in total. The van der Waals surface area contributed by atoms with E-state index in [0.717, 1.165) is 63.0 Å². The van der Waals surface area contributed by atoms with Crippen LogP contribution >= 0.6 is 0 Å². The van der Waals surface area contributed by atoms with Crippen LogP contribution in [0.5, 0.6) is 0 Å². The van der Waals surface area contributed by atoms with E-state index < -0.39 is 5.97 Å². The van der Waals surface area contributed by atoms with E-state index in [1.807, 2.05) is 56.2 Å². The number of hydrogen-bond acceptors (Lipinski definition) is 7. The highest BCUT2D eigenvalue weighted by atomic mass is 16.4. The number of aromatic nitrogens is 4. The Morgan fingerprint density at radius 1 is 0.870 bits per heavy atom. The molecule has 2 unspecified atom stereocenters. The van der Waals surface area contributed by atoms with Crippen molar-refractivity contribution in [2.24, 2.45) is 0 Å². The Balaban J connectivity index is 1.85. The summed E-state index contributed by atoms with van der Waals surface area (Å²) in [6.07, 6.45) is 3.17. The fourth-order valence-electron chi connectivity index (χ4n) is 7.53. The summed E-state index contributed by atoms with van der Waals surface area (Å²) in [7, 11) is 7.78. The van der Waals surface area contributed by atoms with Crippen LogP contribution in [0.2, 0.25) is 0 Å². The number of likely N-dealkylation sites (N-methyl/N-ethyl adjacent to an activating group) is 2. The molecule has 0 fully saturated rings. The van der Waals surface area contributed by atoms with Gasteiger partial charge in [-0.05, 0) is 102 Å². The van der Waals surface area contributed by atoms with E-state index >= 15 is 0 Å². The smallest absolute Gasteiger partial charge is 0.338 e. The van der Waals surface area contributed by atoms with Gasteiger partial charge in [0.25, 0.3) is 0 Å². The van der Waals surface area contributed by atoms with Gasteiger partial charge in [-0.3, -0.25) is 14.6 Å². The van der Waals surface area contributed by atoms with Crippen LogP contribution in [-0.2, 0) is 27.2 Å². The molecule has 5 rings (SSSR count). The number of carbonyl (C=O) groups excluding carboxylic acids is 2. The van der Waals surface area contributed by atoms with Gasteiger partial charge in [-0.2, -0.15) is 0 Å². The number of carboxylic acids is 1. The van der Waals surface area contributed by atoms with Crippen molar-refractivity contribution in [1.82, 2.24) is 40.4 Å². The average Bonchev–Trinajstić information content (AvgIpc) is 3.78. The van der Waals surface area contributed by atoms with Gasteiger partial charge < -0.3 is 35.5 Å². The summed E-state index contributed by atoms with van der Waals surface area (Å²) in [6, 6.07) is 6.04. The SMILES string of the molecule is C=Cc1c(C)c2cc3nc(c(CC(=O)NCCN(C)C)c4nc(cc5[nH]c(cc1[nH]2)c(C)c5CC)C(C)=C4C(=O)O)C(CCC(=O)NCCN(C)C)C3C. The fourth-order valence-corrected chi connectivity index (χ4v) is 7.53. The summed E-state index contributed by atoms with van der Waals surface area (Å²) in [5, 5.41) is 16.8. The zero-order valence-corrected chi connectivity index (χ0v) is 33.3. The molecule has 54 heavy (non-hydrogen) atoms. The number of aliphatic carboxylic acids is 1. The molecule has 0 aliphatic carbocycles. The Bertz CT molecular complexity index is 2160. The molecule has 5 N–H and O–H groups in total. The van der Waals surface area contributed by atoms with Gasteiger partial charge in [-0.1, -0.05) is 26.5 Å². The largest absolute Gasteiger partial charge is 0.478 e. The van der Waals surface area contributed by atoms with E-state index in [1.165, 1.54) is 0 Å². The molecule has 3 aromatic rings. The third-order valence-corrected chi connectivity index (χ3v) is 10.7. The maximum atomic E-state index is 13.7. The highest BCUT2D eigenvalue weighted by Crippen LogP contribution is 2.43. The minimum atomic E-state index is -1.13. The second-order valence-electron chi connectivity index (χ2n) is 15.0. The van der Waals surface area contributed by atoms with Crippen LogP contribution in [0.1, 0.15) is 96.0 Å². The van der Waals surface area contributed by atoms with Crippen molar-refractivity contribution >= 4 is 57.1 Å². The number of aromatic amines is 2. The second-order valence-corrected chi connectivity index (χ2v) is 15.0. The number of H-pyrrole nitrogens is 2. The molecule has 0 aromatic carbocycles. The lowest BCUT2D eigenvalue weighted by atomic mass is 9.84. The van der Waals surface area contributed by atoms with Crippen molar-refractivity contribution in [2.75, 3.05) is 54.4 Å². The number of nitrogens with zero attached hydrogens (tertiary/aromatic N) is 4. The number of hydrogen-bond donors (Lipinski definition) is 5. The van der Waals surface area contributed by atoms with Crippen molar-refractivity contribution < 1.29 is 19.5 Å². The van der Waals surface area contributed by atoms with E-state index in [0.29, 0.717) is 48.6 Å². The van der Waals surface area contributed by atoms with Gasteiger partial charge in [0.05, 0.1) is 29.1 Å². The maximum absolute atomic E-state index is 13.7. The fraction of sp³-hybridized carbons (Fsp3) is 0.452. The van der Waals surface area contributed by atoms with Gasteiger partial charge in [-0.15, -0.1) is 0 Å². The molecule has 0 saturated heterocycles. The van der Waals surface area contributed by atoms with Crippen molar-refractivity contribution in [1.29, 1.82) is 0 Å². The first-order chi connectivity index (χ1) is 25.6. The van der Waals surface area contributed by atoms with Crippen LogP contribution < -0.4 is 10.6 Å². The van der Waals surface area contributed by atoms with E-state index in [4.69, 9.17) is 9.97 Å². The van der Waals surface area contributed by atoms with E-state index in [2.05, 4.69) is 60.9 Å². The number of aryl methyl sites for hydroxylation is 3. The van der Waals surface area contributed by atoms with Gasteiger partial charge in [0.2, 0.25) is 11.8 Å². The van der Waals surface area contributed by atoms with E-state index in [9.17, 15) is 19.5 Å². The summed E-state index contributed by atoms with van der Waals surface area (Å²) < 4.78 is 0. The number of allylic oxidation sites excluding steroid dienone is 1. The van der Waals surface area contributed by atoms with Crippen molar-refractivity contribution in [3.63, 3.8) is 0 Å². The van der Waals surface area contributed by atoms with E-state index in [-0.39, 0.29) is 47.8 Å². The minimum Gasteiger partial charge on any atom is -0.478 e. The topological polar surface area (TPSA) is 159 Å². The normalized spacial score (nSPS) is 15.6. The lowest BCUT2D eigenvalue weighted by molar-refractivity contribution is -0.130. The van der Waals surface area contributed by atoms with Crippen molar-refractivity contribution in [3.05, 3.63) is 75.4 Å². The third kappa shape index (κ3) is 8.50. The Hall–Kier alpha value is -5.07. The summed E-state index contributed by atoms with van der Waals surface area (Å²) in [6.45, 7) is 16.5. The molecule has 12 heteroatoms. The first-order valence-corrected chi connectivity index (χ1v) is 18.8. The summed E-state index contributed by atoms with van der Waals surface area (Å²) in [5.74, 6) is -1.91. The van der Waals surface area contributed by atoms with Gasteiger partial charge in [0.1, 0.15) is 0 Å². The van der Waals surface area contributed by atoms with Crippen LogP contribution in [0.25, 0.3) is 39.3 Å². The van der Waals surface area contributed by atoms with Crippen molar-refractivity contribution in [3.8, 4) is 0 Å². The van der Waals surface area contributed by atoms with Crippen LogP contribution in [-0.4, -0.2) is 107 Å². The third-order valence-electron chi connectivity index (χ3n) is 10.7. The number of carbonyl (C=O) groups is 3. The first-order valence-electron chi connectivity index (χ1n) is 18.8.